The molecule has 0 amide bonds. The topological polar surface area (TPSA) is 12.9 Å². The minimum absolute atomic E-state index is 1.19. The molecule has 1 aliphatic carbocycles. The van der Waals surface area contributed by atoms with Crippen LogP contribution in [0.2, 0.25) is 0 Å². The molecule has 0 bridgehead atoms. The Bertz CT molecular complexity index is 164. The van der Waals surface area contributed by atoms with E-state index in [-0.39, 0.29) is 0 Å². The van der Waals surface area contributed by atoms with Crippen molar-refractivity contribution < 1.29 is 0 Å². The molecule has 2 rings (SSSR count). The largest absolute Gasteiger partial charge is 0.253 e. The second kappa shape index (κ2) is 0.492. The Morgan fingerprint density at radius 3 is 2.83 bits per heavy atom. The summed E-state index contributed by atoms with van der Waals surface area (Å²) in [7, 11) is 0. The standard InChI is InChI=1S/C5H2N/c1-4-2-6-3-5(1)4/h1-2H. The molecular formula is C5H2N. The minimum Gasteiger partial charge on any atom is -0.253 e. The lowest BCUT2D eigenvalue weighted by molar-refractivity contribution is 1.40. The minimum atomic E-state index is 1.19. The summed E-state index contributed by atoms with van der Waals surface area (Å²) in [6.07, 6.45) is 4.60. The SMILES string of the molecule is [c]1ncc2cc1-2. The van der Waals surface area contributed by atoms with E-state index < -0.39 is 0 Å². The van der Waals surface area contributed by atoms with Crippen molar-refractivity contribution in [3.05, 3.63) is 18.5 Å². The summed E-state index contributed by atoms with van der Waals surface area (Å²) >= 11 is 0. The molecule has 0 fully saturated rings. The summed E-state index contributed by atoms with van der Waals surface area (Å²) in [4.78, 5) is 3.73. The monoisotopic (exact) mass is 76.0 g/mol. The molecular weight excluding hydrogens is 74.1 g/mol. The van der Waals surface area contributed by atoms with Crippen LogP contribution in [-0.2, 0) is 0 Å². The zero-order valence-corrected chi connectivity index (χ0v) is 3.10. The van der Waals surface area contributed by atoms with E-state index in [1.807, 2.05) is 12.3 Å². The Balaban J connectivity index is 2.91. The van der Waals surface area contributed by atoms with E-state index in [4.69, 9.17) is 0 Å². The normalized spacial score (nSPS) is 11.3. The first-order valence-corrected chi connectivity index (χ1v) is 1.85. The van der Waals surface area contributed by atoms with Gasteiger partial charge in [-0.2, -0.15) is 0 Å². The summed E-state index contributed by atoms with van der Waals surface area (Å²) in [6.45, 7) is 0. The van der Waals surface area contributed by atoms with Crippen LogP contribution < -0.4 is 0 Å². The van der Waals surface area contributed by atoms with E-state index in [1.165, 1.54) is 11.1 Å². The first-order valence-electron chi connectivity index (χ1n) is 1.85. The fourth-order valence-electron chi connectivity index (χ4n) is 0.494. The van der Waals surface area contributed by atoms with Gasteiger partial charge in [0.15, 0.2) is 0 Å². The molecule has 0 unspecified atom stereocenters. The molecule has 1 radical (unpaired) electrons. The number of rotatable bonds is 0. The summed E-state index contributed by atoms with van der Waals surface area (Å²) < 4.78 is 0. The maximum absolute atomic E-state index is 3.73. The van der Waals surface area contributed by atoms with Gasteiger partial charge < -0.3 is 0 Å². The highest BCUT2D eigenvalue weighted by atomic mass is 14.7. The van der Waals surface area contributed by atoms with Crippen molar-refractivity contribution >= 4 is 0 Å². The third-order valence-corrected chi connectivity index (χ3v) is 0.916. The highest BCUT2D eigenvalue weighted by Gasteiger charge is 2.09. The fourth-order valence-corrected chi connectivity index (χ4v) is 0.494. The van der Waals surface area contributed by atoms with E-state index >= 15 is 0 Å². The number of hydrogen-bond donors (Lipinski definition) is 0. The summed E-state index contributed by atoms with van der Waals surface area (Å²) in [5.74, 6) is 0. The van der Waals surface area contributed by atoms with E-state index in [9.17, 15) is 0 Å². The van der Waals surface area contributed by atoms with Crippen LogP contribution in [0.1, 0.15) is 0 Å². The van der Waals surface area contributed by atoms with Crippen LogP contribution >= 0.6 is 0 Å². The number of nitrogens with zero attached hydrogens (tertiary/aromatic N) is 1. The number of aromatic nitrogens is 1. The average Bonchev–Trinajstić information content (AvgIpc) is 2.17. The van der Waals surface area contributed by atoms with Gasteiger partial charge in [-0.15, -0.1) is 0 Å². The zero-order valence-electron chi connectivity index (χ0n) is 3.10. The van der Waals surface area contributed by atoms with Crippen LogP contribution in [-0.4, -0.2) is 4.98 Å². The van der Waals surface area contributed by atoms with Crippen LogP contribution in [0.15, 0.2) is 12.3 Å². The molecule has 27 valence electrons. The van der Waals surface area contributed by atoms with Gasteiger partial charge in [0.1, 0.15) is 0 Å². The van der Waals surface area contributed by atoms with Gasteiger partial charge in [-0.05, 0) is 6.07 Å². The van der Waals surface area contributed by atoms with Crippen molar-refractivity contribution in [3.63, 3.8) is 0 Å². The van der Waals surface area contributed by atoms with E-state index in [0.29, 0.717) is 0 Å². The lowest BCUT2D eigenvalue weighted by Crippen LogP contribution is -1.44. The molecule has 1 heterocycles. The molecule has 0 aromatic rings. The predicted molar refractivity (Wildman–Crippen MR) is 22.1 cm³/mol. The van der Waals surface area contributed by atoms with Crippen LogP contribution in [0.25, 0.3) is 11.1 Å². The van der Waals surface area contributed by atoms with Crippen molar-refractivity contribution in [2.75, 3.05) is 0 Å². The van der Waals surface area contributed by atoms with Crippen molar-refractivity contribution in [1.82, 2.24) is 4.98 Å². The number of pyridine rings is 1. The molecule has 0 atom stereocenters. The van der Waals surface area contributed by atoms with Gasteiger partial charge in [-0.25, -0.2) is 0 Å². The molecule has 0 saturated heterocycles. The van der Waals surface area contributed by atoms with Gasteiger partial charge in [0.05, 0.1) is 6.20 Å². The van der Waals surface area contributed by atoms with Crippen LogP contribution in [0.4, 0.5) is 0 Å². The molecule has 0 saturated carbocycles. The summed E-state index contributed by atoms with van der Waals surface area (Å²) in [6, 6.07) is 2.05. The summed E-state index contributed by atoms with van der Waals surface area (Å²) in [5.41, 5.74) is 2.45. The quantitative estimate of drug-likeness (QED) is 0.453. The number of fused-ring (bicyclic) bond motifs is 1. The Hall–Kier alpha value is -0.850. The second-order valence-corrected chi connectivity index (χ2v) is 1.38. The average molecular weight is 76.1 g/mol. The highest BCUT2D eigenvalue weighted by molar-refractivity contribution is 5.77. The first-order chi connectivity index (χ1) is 2.97. The van der Waals surface area contributed by atoms with Crippen LogP contribution in [0.5, 0.6) is 0 Å². The lowest BCUT2D eigenvalue weighted by atomic mass is 10.6. The van der Waals surface area contributed by atoms with E-state index in [1.54, 1.807) is 0 Å². The van der Waals surface area contributed by atoms with E-state index in [2.05, 4.69) is 11.2 Å². The lowest BCUT2D eigenvalue weighted by Gasteiger charge is -1.47. The maximum Gasteiger partial charge on any atom is 0.0971 e. The van der Waals surface area contributed by atoms with E-state index in [0.717, 1.165) is 0 Å². The maximum atomic E-state index is 3.73. The molecule has 6 heavy (non-hydrogen) atoms. The second-order valence-electron chi connectivity index (χ2n) is 1.38. The predicted octanol–water partition coefficient (Wildman–Crippen LogP) is 0.862. The Morgan fingerprint density at radius 1 is 1.67 bits per heavy atom. The van der Waals surface area contributed by atoms with Gasteiger partial charge in [0.25, 0.3) is 0 Å². The van der Waals surface area contributed by atoms with Gasteiger partial charge in [-0.3, -0.25) is 4.98 Å². The third-order valence-electron chi connectivity index (χ3n) is 0.916. The molecule has 0 N–H and O–H groups in total. The van der Waals surface area contributed by atoms with Crippen molar-refractivity contribution in [2.24, 2.45) is 0 Å². The molecule has 0 aromatic heterocycles. The Morgan fingerprint density at radius 2 is 2.67 bits per heavy atom. The highest BCUT2D eigenvalue weighted by Crippen LogP contribution is 2.30. The molecule has 2 aliphatic rings. The van der Waals surface area contributed by atoms with Gasteiger partial charge in [0.2, 0.25) is 0 Å². The zero-order chi connectivity index (χ0) is 3.98. The molecule has 1 nitrogen and oxygen atoms in total. The van der Waals surface area contributed by atoms with Crippen molar-refractivity contribution in [1.29, 1.82) is 0 Å². The van der Waals surface area contributed by atoms with Gasteiger partial charge in [0, 0.05) is 17.3 Å². The van der Waals surface area contributed by atoms with Crippen molar-refractivity contribution in [2.45, 2.75) is 0 Å². The third kappa shape index (κ3) is 0.117. The number of hydrogen-bond acceptors (Lipinski definition) is 1. The molecule has 1 heteroatoms. The van der Waals surface area contributed by atoms with Crippen molar-refractivity contribution in [3.8, 4) is 11.1 Å². The van der Waals surface area contributed by atoms with Crippen LogP contribution in [0, 0.1) is 6.20 Å². The molecule has 0 spiro atoms. The molecule has 0 aromatic carbocycles. The Labute approximate surface area is 35.6 Å². The first kappa shape index (κ1) is 2.35. The van der Waals surface area contributed by atoms with Crippen LogP contribution in [0.3, 0.4) is 0 Å². The Kier molecular flexibility index (Phi) is 0.192. The smallest absolute Gasteiger partial charge is 0.0971 e. The fraction of sp³-hybridized carbons (Fsp3) is 0. The van der Waals surface area contributed by atoms with Gasteiger partial charge in [-0.1, -0.05) is 0 Å². The summed E-state index contributed by atoms with van der Waals surface area (Å²) in [5, 5.41) is 0. The molecule has 1 aliphatic heterocycles. The van der Waals surface area contributed by atoms with Gasteiger partial charge >= 0.3 is 0 Å².